The lowest BCUT2D eigenvalue weighted by molar-refractivity contribution is -0.131. The van der Waals surface area contributed by atoms with Gasteiger partial charge in [-0.1, -0.05) is 0 Å². The van der Waals surface area contributed by atoms with E-state index in [0.717, 1.165) is 31.8 Å². The van der Waals surface area contributed by atoms with E-state index in [2.05, 4.69) is 34.4 Å². The second-order valence-electron chi connectivity index (χ2n) is 9.97. The third-order valence-electron chi connectivity index (χ3n) is 7.18. The Morgan fingerprint density at radius 1 is 1.21 bits per heavy atom. The molecular weight excluding hydrogens is 420 g/mol. The van der Waals surface area contributed by atoms with Gasteiger partial charge in [0.15, 0.2) is 5.78 Å². The molecule has 3 aliphatic rings. The van der Waals surface area contributed by atoms with Crippen LogP contribution in [0.15, 0.2) is 18.3 Å². The van der Waals surface area contributed by atoms with E-state index < -0.39 is 11.9 Å². The highest BCUT2D eigenvalue weighted by Gasteiger charge is 2.37. The Balaban J connectivity index is 1.23. The largest absolute Gasteiger partial charge is 0.489 e. The third kappa shape index (κ3) is 6.18. The van der Waals surface area contributed by atoms with Crippen LogP contribution in [0.25, 0.3) is 0 Å². The van der Waals surface area contributed by atoms with E-state index in [1.807, 2.05) is 0 Å². The number of hydrogen-bond acceptors (Lipinski definition) is 7. The Morgan fingerprint density at radius 2 is 1.97 bits per heavy atom. The number of hydrogen-bond donors (Lipinski definition) is 2. The average molecular weight is 457 g/mol. The molecule has 2 saturated carbocycles. The summed E-state index contributed by atoms with van der Waals surface area (Å²) in [4.78, 5) is 42.6. The first-order valence-corrected chi connectivity index (χ1v) is 12.3. The minimum absolute atomic E-state index is 0.0637. The Bertz CT molecular complexity index is 844. The van der Waals surface area contributed by atoms with Crippen LogP contribution in [-0.4, -0.2) is 71.2 Å². The van der Waals surface area contributed by atoms with Gasteiger partial charge in [-0.05, 0) is 64.3 Å². The Kier molecular flexibility index (Phi) is 7.75. The van der Waals surface area contributed by atoms with Crippen molar-refractivity contribution in [2.75, 3.05) is 19.6 Å². The minimum atomic E-state index is -0.603. The molecule has 2 aliphatic carbocycles. The van der Waals surface area contributed by atoms with E-state index in [9.17, 15) is 14.4 Å². The first kappa shape index (κ1) is 23.8. The highest BCUT2D eigenvalue weighted by Crippen LogP contribution is 2.32. The van der Waals surface area contributed by atoms with E-state index in [1.165, 1.54) is 19.4 Å². The van der Waals surface area contributed by atoms with Crippen LogP contribution in [0.4, 0.5) is 0 Å². The van der Waals surface area contributed by atoms with Gasteiger partial charge in [-0.2, -0.15) is 0 Å². The maximum absolute atomic E-state index is 12.4. The lowest BCUT2D eigenvalue weighted by Gasteiger charge is -2.46. The van der Waals surface area contributed by atoms with E-state index in [-0.39, 0.29) is 29.8 Å². The Labute approximate surface area is 195 Å². The van der Waals surface area contributed by atoms with Crippen LogP contribution in [0.2, 0.25) is 0 Å². The van der Waals surface area contributed by atoms with Gasteiger partial charge in [0.1, 0.15) is 23.3 Å². The molecule has 8 nitrogen and oxygen atoms in total. The van der Waals surface area contributed by atoms with E-state index in [0.29, 0.717) is 30.7 Å². The zero-order chi connectivity index (χ0) is 23.4. The number of ketones is 2. The lowest BCUT2D eigenvalue weighted by Crippen LogP contribution is -2.53. The molecule has 8 heteroatoms. The first-order chi connectivity index (χ1) is 15.9. The van der Waals surface area contributed by atoms with Gasteiger partial charge < -0.3 is 15.4 Å². The maximum atomic E-state index is 12.4. The number of carbonyl (C=O) groups excluding carboxylic acids is 3. The molecule has 1 aromatic heterocycles. The van der Waals surface area contributed by atoms with Crippen LogP contribution in [0, 0.1) is 5.92 Å². The van der Waals surface area contributed by atoms with E-state index in [1.54, 1.807) is 18.3 Å². The number of rotatable bonds is 8. The fourth-order valence-electron chi connectivity index (χ4n) is 5.08. The van der Waals surface area contributed by atoms with Gasteiger partial charge in [0.05, 0.1) is 18.7 Å². The molecular formula is C25H36N4O4. The molecule has 1 saturated heterocycles. The predicted octanol–water partition coefficient (Wildman–Crippen LogP) is 2.12. The van der Waals surface area contributed by atoms with Crippen molar-refractivity contribution in [2.45, 2.75) is 83.0 Å². The van der Waals surface area contributed by atoms with Crippen molar-refractivity contribution in [3.05, 3.63) is 24.0 Å². The zero-order valence-electron chi connectivity index (χ0n) is 19.7. The van der Waals surface area contributed by atoms with Gasteiger partial charge in [0.25, 0.3) is 5.91 Å². The molecule has 1 amide bonds. The quantitative estimate of drug-likeness (QED) is 0.578. The highest BCUT2D eigenvalue weighted by molar-refractivity contribution is 6.06. The van der Waals surface area contributed by atoms with Crippen LogP contribution in [0.3, 0.4) is 0 Å². The van der Waals surface area contributed by atoms with Crippen molar-refractivity contribution in [1.29, 1.82) is 0 Å². The zero-order valence-corrected chi connectivity index (χ0v) is 19.7. The van der Waals surface area contributed by atoms with Gasteiger partial charge >= 0.3 is 0 Å². The summed E-state index contributed by atoms with van der Waals surface area (Å²) in [5.74, 6) is 0.744. The third-order valence-corrected chi connectivity index (χ3v) is 7.18. The smallest absolute Gasteiger partial charge is 0.270 e. The van der Waals surface area contributed by atoms with Gasteiger partial charge in [0.2, 0.25) is 0 Å². The van der Waals surface area contributed by atoms with Crippen molar-refractivity contribution in [3.63, 3.8) is 0 Å². The van der Waals surface area contributed by atoms with Crippen LogP contribution in [0.5, 0.6) is 5.75 Å². The number of Topliss-reactive ketones (excluding diaryl/α,β-unsaturated/α-hetero) is 2. The molecule has 4 rings (SSSR count). The standard InChI is InChI=1S/C25H36N4O4/c1-16(2)29(15-17-7-9-26-10-8-17)18-11-21(12-18)33-20-4-6-23(27-14-20)25(32)28-22-5-3-19(30)13-24(22)31/h4,6,14,16-18,21-22,26H,3,5,7-13,15H2,1-2H3,(H,28,32). The van der Waals surface area contributed by atoms with Crippen LogP contribution in [0.1, 0.15) is 69.3 Å². The molecule has 2 N–H and O–H groups in total. The molecule has 1 aliphatic heterocycles. The fourth-order valence-corrected chi connectivity index (χ4v) is 5.08. The second kappa shape index (κ2) is 10.7. The molecule has 3 fully saturated rings. The minimum Gasteiger partial charge on any atom is -0.489 e. The molecule has 0 radical (unpaired) electrons. The fraction of sp³-hybridized carbons (Fsp3) is 0.680. The number of ether oxygens (including phenoxy) is 1. The van der Waals surface area contributed by atoms with E-state index >= 15 is 0 Å². The van der Waals surface area contributed by atoms with E-state index in [4.69, 9.17) is 4.74 Å². The number of piperidine rings is 1. The van der Waals surface area contributed by atoms with Gasteiger partial charge in [-0.15, -0.1) is 0 Å². The summed E-state index contributed by atoms with van der Waals surface area (Å²) < 4.78 is 6.09. The van der Waals surface area contributed by atoms with Crippen LogP contribution < -0.4 is 15.4 Å². The summed E-state index contributed by atoms with van der Waals surface area (Å²) in [6.07, 6.45) is 6.86. The summed E-state index contributed by atoms with van der Waals surface area (Å²) in [7, 11) is 0. The topological polar surface area (TPSA) is 101 Å². The number of pyridine rings is 1. The SMILES string of the molecule is CC(C)N(CC1CCNCC1)C1CC(Oc2ccc(C(=O)NC3CCC(=O)CC3=O)nc2)C1. The molecule has 1 aromatic rings. The second-order valence-corrected chi connectivity index (χ2v) is 9.97. The molecule has 0 aromatic carbocycles. The number of carbonyl (C=O) groups is 3. The summed E-state index contributed by atoms with van der Waals surface area (Å²) in [6, 6.07) is 3.86. The van der Waals surface area contributed by atoms with Crippen LogP contribution in [-0.2, 0) is 9.59 Å². The lowest BCUT2D eigenvalue weighted by atomic mass is 9.85. The molecule has 1 atom stereocenters. The molecule has 1 unspecified atom stereocenters. The summed E-state index contributed by atoms with van der Waals surface area (Å²) in [5.41, 5.74) is 0.242. The van der Waals surface area contributed by atoms with Crippen molar-refractivity contribution >= 4 is 17.5 Å². The molecule has 2 heterocycles. The van der Waals surface area contributed by atoms with Gasteiger partial charge in [-0.3, -0.25) is 19.3 Å². The Morgan fingerprint density at radius 3 is 2.61 bits per heavy atom. The molecule has 180 valence electrons. The number of nitrogens with one attached hydrogen (secondary N) is 2. The maximum Gasteiger partial charge on any atom is 0.270 e. The van der Waals surface area contributed by atoms with Gasteiger partial charge in [0, 0.05) is 37.9 Å². The monoisotopic (exact) mass is 456 g/mol. The molecule has 0 spiro atoms. The number of amides is 1. The number of aromatic nitrogens is 1. The Hall–Kier alpha value is -2.32. The summed E-state index contributed by atoms with van der Waals surface area (Å²) >= 11 is 0. The number of nitrogens with zero attached hydrogens (tertiary/aromatic N) is 2. The summed E-state index contributed by atoms with van der Waals surface area (Å²) in [6.45, 7) is 7.98. The molecule has 0 bridgehead atoms. The molecule has 33 heavy (non-hydrogen) atoms. The van der Waals surface area contributed by atoms with Crippen LogP contribution >= 0.6 is 0 Å². The highest BCUT2D eigenvalue weighted by atomic mass is 16.5. The first-order valence-electron chi connectivity index (χ1n) is 12.3. The van der Waals surface area contributed by atoms with Gasteiger partial charge in [-0.25, -0.2) is 4.98 Å². The average Bonchev–Trinajstić information content (AvgIpc) is 2.77. The normalized spacial score (nSPS) is 26.4. The summed E-state index contributed by atoms with van der Waals surface area (Å²) in [5, 5.41) is 6.14. The van der Waals surface area contributed by atoms with Crippen molar-refractivity contribution in [1.82, 2.24) is 20.5 Å². The van der Waals surface area contributed by atoms with Crippen molar-refractivity contribution in [2.24, 2.45) is 5.92 Å². The predicted molar refractivity (Wildman–Crippen MR) is 124 cm³/mol. The van der Waals surface area contributed by atoms with Crippen molar-refractivity contribution < 1.29 is 19.1 Å². The van der Waals surface area contributed by atoms with Crippen molar-refractivity contribution in [3.8, 4) is 5.75 Å².